The highest BCUT2D eigenvalue weighted by Crippen LogP contribution is 2.46. The van der Waals surface area contributed by atoms with E-state index >= 15 is 0 Å². The van der Waals surface area contributed by atoms with Crippen LogP contribution in [0, 0.1) is 0 Å². The summed E-state index contributed by atoms with van der Waals surface area (Å²) in [6.45, 7) is 2.86. The van der Waals surface area contributed by atoms with Gasteiger partial charge in [-0.25, -0.2) is 4.68 Å². The molecule has 0 radical (unpaired) electrons. The number of carbonyl (C=O) groups excluding carboxylic acids is 1. The summed E-state index contributed by atoms with van der Waals surface area (Å²) in [6, 6.07) is 4.91. The lowest BCUT2D eigenvalue weighted by molar-refractivity contribution is -0.173. The zero-order valence-electron chi connectivity index (χ0n) is 17.1. The van der Waals surface area contributed by atoms with Crippen molar-refractivity contribution in [2.75, 3.05) is 31.5 Å². The average molecular weight is 533 g/mol. The molecule has 1 aromatic carbocycles. The Labute approximate surface area is 196 Å². The number of fused-ring (bicyclic) bond motifs is 2. The molecule has 1 N–H and O–H groups in total. The Kier molecular flexibility index (Phi) is 5.66. The van der Waals surface area contributed by atoms with Gasteiger partial charge in [-0.3, -0.25) is 9.69 Å². The van der Waals surface area contributed by atoms with E-state index < -0.39 is 24.2 Å². The molecule has 0 saturated carbocycles. The second-order valence-electron chi connectivity index (χ2n) is 8.58. The predicted octanol–water partition coefficient (Wildman–Crippen LogP) is 4.88. The van der Waals surface area contributed by atoms with Crippen molar-refractivity contribution in [3.8, 4) is 0 Å². The molecular formula is C21H22BrClF3N5O. The largest absolute Gasteiger partial charge is 0.410 e. The lowest BCUT2D eigenvalue weighted by atomic mass is 9.97. The molecule has 2 saturated heterocycles. The van der Waals surface area contributed by atoms with Crippen molar-refractivity contribution in [2.45, 2.75) is 43.6 Å². The van der Waals surface area contributed by atoms with Gasteiger partial charge in [-0.1, -0.05) is 39.7 Å². The van der Waals surface area contributed by atoms with Crippen molar-refractivity contribution in [3.05, 3.63) is 45.0 Å². The third kappa shape index (κ3) is 3.90. The highest BCUT2D eigenvalue weighted by Gasteiger charge is 2.48. The van der Waals surface area contributed by atoms with Gasteiger partial charge in [0, 0.05) is 36.6 Å². The number of alkyl halides is 3. The number of carbonyl (C=O) groups is 1. The minimum Gasteiger partial charge on any atom is -0.362 e. The first-order valence-electron chi connectivity index (χ1n) is 10.6. The molecule has 1 amide bonds. The molecule has 0 aliphatic carbocycles. The summed E-state index contributed by atoms with van der Waals surface area (Å²) < 4.78 is 43.6. The van der Waals surface area contributed by atoms with Crippen molar-refractivity contribution < 1.29 is 18.0 Å². The maximum atomic E-state index is 14.0. The van der Waals surface area contributed by atoms with Crippen LogP contribution in [0.4, 0.5) is 19.0 Å². The van der Waals surface area contributed by atoms with Gasteiger partial charge in [0.2, 0.25) is 0 Å². The summed E-state index contributed by atoms with van der Waals surface area (Å²) in [5.41, 5.74) is 0.586. The number of nitrogens with one attached hydrogen (secondary N) is 1. The van der Waals surface area contributed by atoms with Crippen LogP contribution in [0.25, 0.3) is 0 Å². The lowest BCUT2D eigenvalue weighted by Crippen LogP contribution is -2.52. The zero-order chi connectivity index (χ0) is 22.6. The number of halogens is 5. The van der Waals surface area contributed by atoms with Crippen molar-refractivity contribution in [2.24, 2.45) is 0 Å². The van der Waals surface area contributed by atoms with Gasteiger partial charge >= 0.3 is 6.18 Å². The Morgan fingerprint density at radius 2 is 1.94 bits per heavy atom. The summed E-state index contributed by atoms with van der Waals surface area (Å²) in [4.78, 5) is 17.2. The summed E-state index contributed by atoms with van der Waals surface area (Å²) >= 11 is 9.83. The van der Waals surface area contributed by atoms with Gasteiger partial charge in [-0.05, 0) is 37.1 Å². The van der Waals surface area contributed by atoms with Gasteiger partial charge < -0.3 is 10.2 Å². The number of aromatic nitrogens is 2. The van der Waals surface area contributed by atoms with Gasteiger partial charge in [-0.15, -0.1) is 0 Å². The number of hydrogen-bond donors (Lipinski definition) is 1. The van der Waals surface area contributed by atoms with Gasteiger partial charge in [0.15, 0.2) is 11.7 Å². The molecule has 32 heavy (non-hydrogen) atoms. The number of anilines is 1. The highest BCUT2D eigenvalue weighted by atomic mass is 79.9. The van der Waals surface area contributed by atoms with Crippen molar-refractivity contribution in [1.82, 2.24) is 19.6 Å². The minimum atomic E-state index is -4.53. The summed E-state index contributed by atoms with van der Waals surface area (Å²) in [6.07, 6.45) is -2.66. The van der Waals surface area contributed by atoms with Gasteiger partial charge in [-0.2, -0.15) is 18.3 Å². The molecule has 0 unspecified atom stereocenters. The number of piperazine rings is 1. The molecule has 3 aliphatic rings. The predicted molar refractivity (Wildman–Crippen MR) is 118 cm³/mol. The van der Waals surface area contributed by atoms with Crippen molar-refractivity contribution in [1.29, 1.82) is 0 Å². The fourth-order valence-corrected chi connectivity index (χ4v) is 5.49. The zero-order valence-corrected chi connectivity index (χ0v) is 19.4. The first-order chi connectivity index (χ1) is 15.2. The first-order valence-corrected chi connectivity index (χ1v) is 11.8. The van der Waals surface area contributed by atoms with E-state index in [0.717, 1.165) is 35.1 Å². The van der Waals surface area contributed by atoms with Crippen LogP contribution in [0.5, 0.6) is 0 Å². The maximum Gasteiger partial charge on any atom is 0.410 e. The number of hydrogen-bond acceptors (Lipinski definition) is 4. The minimum absolute atomic E-state index is 0.0380. The smallest absolute Gasteiger partial charge is 0.362 e. The molecular weight excluding hydrogens is 511 g/mol. The molecule has 2 aromatic rings. The molecule has 0 spiro atoms. The normalized spacial score (nSPS) is 25.9. The van der Waals surface area contributed by atoms with Crippen molar-refractivity contribution >= 4 is 39.3 Å². The molecule has 6 nitrogen and oxygen atoms in total. The summed E-state index contributed by atoms with van der Waals surface area (Å²) in [5, 5.41) is 7.13. The van der Waals surface area contributed by atoms with Crippen LogP contribution >= 0.6 is 27.5 Å². The van der Waals surface area contributed by atoms with E-state index in [4.69, 9.17) is 11.6 Å². The monoisotopic (exact) mass is 531 g/mol. The van der Waals surface area contributed by atoms with Gasteiger partial charge in [0.25, 0.3) is 5.91 Å². The van der Waals surface area contributed by atoms with E-state index in [2.05, 4.69) is 31.2 Å². The van der Waals surface area contributed by atoms with E-state index in [1.807, 2.05) is 0 Å². The second-order valence-corrected chi connectivity index (χ2v) is 9.87. The van der Waals surface area contributed by atoms with Crippen LogP contribution in [-0.2, 0) is 0 Å². The molecule has 3 aliphatic heterocycles. The Bertz CT molecular complexity index is 1030. The number of rotatable bonds is 2. The molecule has 11 heteroatoms. The quantitative estimate of drug-likeness (QED) is 0.599. The lowest BCUT2D eigenvalue weighted by Gasteiger charge is -2.37. The molecule has 0 bridgehead atoms. The van der Waals surface area contributed by atoms with Crippen LogP contribution < -0.4 is 5.32 Å². The van der Waals surface area contributed by atoms with Crippen molar-refractivity contribution in [3.63, 3.8) is 0 Å². The fraction of sp³-hybridized carbons (Fsp3) is 0.524. The summed E-state index contributed by atoms with van der Waals surface area (Å²) in [5.74, 6) is -0.373. The topological polar surface area (TPSA) is 53.4 Å². The third-order valence-electron chi connectivity index (χ3n) is 6.65. The Morgan fingerprint density at radius 3 is 2.66 bits per heavy atom. The van der Waals surface area contributed by atoms with Gasteiger partial charge in [0.05, 0.1) is 6.04 Å². The number of benzene rings is 1. The standard InChI is InChI=1S/C21H22BrClF3N5O/c22-13-5-3-12(4-6-13)15-10-16(21(24,25)26)31-19(27-15)17(23)18(28-31)20(32)30-9-8-29-7-1-2-14(29)11-30/h3-6,14-16,27H,1-2,7-11H2/t14-,15+,16+/m1/s1. The fourth-order valence-electron chi connectivity index (χ4n) is 4.97. The van der Waals surface area contributed by atoms with Crippen LogP contribution in [-0.4, -0.2) is 63.9 Å². The first kappa shape index (κ1) is 22.0. The number of nitrogens with zero attached hydrogens (tertiary/aromatic N) is 4. The highest BCUT2D eigenvalue weighted by molar-refractivity contribution is 9.10. The number of amides is 1. The van der Waals surface area contributed by atoms with Gasteiger partial charge in [0.1, 0.15) is 10.8 Å². The average Bonchev–Trinajstić information content (AvgIpc) is 3.36. The van der Waals surface area contributed by atoms with E-state index in [1.54, 1.807) is 29.2 Å². The van der Waals surface area contributed by atoms with E-state index in [1.165, 1.54) is 0 Å². The summed E-state index contributed by atoms with van der Waals surface area (Å²) in [7, 11) is 0. The Hall–Kier alpha value is -1.78. The van der Waals surface area contributed by atoms with E-state index in [-0.39, 0.29) is 23.0 Å². The maximum absolute atomic E-state index is 14.0. The Morgan fingerprint density at radius 1 is 1.19 bits per heavy atom. The molecule has 2 fully saturated rings. The second kappa shape index (κ2) is 8.22. The van der Waals surface area contributed by atoms with Crippen LogP contribution in [0.3, 0.4) is 0 Å². The molecule has 1 aromatic heterocycles. The Balaban J connectivity index is 1.47. The third-order valence-corrected chi connectivity index (χ3v) is 7.53. The molecule has 3 atom stereocenters. The molecule has 5 rings (SSSR count). The molecule has 172 valence electrons. The van der Waals surface area contributed by atoms with Crippen LogP contribution in [0.1, 0.15) is 47.4 Å². The van der Waals surface area contributed by atoms with E-state index in [0.29, 0.717) is 24.7 Å². The van der Waals surface area contributed by atoms with E-state index in [9.17, 15) is 18.0 Å². The SMILES string of the molecule is O=C(c1nn2c(c1Cl)N[C@H](c1ccc(Br)cc1)C[C@H]2C(F)(F)F)N1CCN2CCC[C@@H]2C1. The van der Waals surface area contributed by atoms with Crippen LogP contribution in [0.15, 0.2) is 28.7 Å². The molecule has 4 heterocycles. The van der Waals surface area contributed by atoms with Crippen LogP contribution in [0.2, 0.25) is 5.02 Å².